The molecule has 26 heavy (non-hydrogen) atoms. The maximum absolute atomic E-state index is 13.4. The van der Waals surface area contributed by atoms with Gasteiger partial charge in [0.2, 0.25) is 0 Å². The number of rotatable bonds is 2. The van der Waals surface area contributed by atoms with Crippen LogP contribution >= 0.6 is 0 Å². The third kappa shape index (κ3) is 3.41. The van der Waals surface area contributed by atoms with E-state index in [4.69, 9.17) is 0 Å². The Bertz CT molecular complexity index is 843. The lowest BCUT2D eigenvalue weighted by Gasteiger charge is -2.40. The lowest BCUT2D eigenvalue weighted by Crippen LogP contribution is -2.40. The Hall–Kier alpha value is -2.50. The maximum atomic E-state index is 13.4. The van der Waals surface area contributed by atoms with E-state index >= 15 is 0 Å². The number of carboxylic acid groups (broad SMARTS) is 1. The van der Waals surface area contributed by atoms with Gasteiger partial charge in [0.15, 0.2) is 0 Å². The summed E-state index contributed by atoms with van der Waals surface area (Å²) in [4.78, 5) is 11.2. The SMILES string of the molecule is CC1(C)CCc2ccc(-c3ccccc3C(F)(F)F)cc2[C@H]1NC(=O)O. The van der Waals surface area contributed by atoms with Crippen LogP contribution in [0.2, 0.25) is 0 Å². The zero-order valence-corrected chi connectivity index (χ0v) is 14.5. The number of amides is 1. The molecule has 0 aliphatic heterocycles. The highest BCUT2D eigenvalue weighted by molar-refractivity contribution is 5.71. The normalized spacial score (nSPS) is 18.9. The molecule has 0 unspecified atom stereocenters. The Morgan fingerprint density at radius 3 is 2.54 bits per heavy atom. The molecule has 3 rings (SSSR count). The highest BCUT2D eigenvalue weighted by atomic mass is 19.4. The molecule has 3 nitrogen and oxygen atoms in total. The molecule has 2 N–H and O–H groups in total. The molecule has 0 fully saturated rings. The molecule has 2 aromatic carbocycles. The van der Waals surface area contributed by atoms with Crippen LogP contribution in [0.15, 0.2) is 42.5 Å². The third-order valence-electron chi connectivity index (χ3n) is 5.09. The predicted molar refractivity (Wildman–Crippen MR) is 92.9 cm³/mol. The van der Waals surface area contributed by atoms with Crippen molar-refractivity contribution in [1.29, 1.82) is 0 Å². The number of alkyl halides is 3. The summed E-state index contributed by atoms with van der Waals surface area (Å²) in [6, 6.07) is 10.2. The van der Waals surface area contributed by atoms with Gasteiger partial charge < -0.3 is 10.4 Å². The lowest BCUT2D eigenvalue weighted by molar-refractivity contribution is -0.137. The predicted octanol–water partition coefficient (Wildman–Crippen LogP) is 5.65. The lowest BCUT2D eigenvalue weighted by atomic mass is 9.70. The molecule has 1 amide bonds. The Balaban J connectivity index is 2.14. The van der Waals surface area contributed by atoms with Crippen LogP contribution < -0.4 is 5.32 Å². The minimum absolute atomic E-state index is 0.0975. The van der Waals surface area contributed by atoms with E-state index in [0.717, 1.165) is 30.0 Å². The highest BCUT2D eigenvalue weighted by Gasteiger charge is 2.38. The second-order valence-electron chi connectivity index (χ2n) is 7.33. The van der Waals surface area contributed by atoms with Crippen molar-refractivity contribution >= 4 is 6.09 Å². The minimum atomic E-state index is -4.45. The van der Waals surface area contributed by atoms with Gasteiger partial charge in [-0.25, -0.2) is 4.79 Å². The minimum Gasteiger partial charge on any atom is -0.465 e. The van der Waals surface area contributed by atoms with Crippen LogP contribution in [0, 0.1) is 5.41 Å². The molecule has 0 bridgehead atoms. The van der Waals surface area contributed by atoms with Gasteiger partial charge in [-0.3, -0.25) is 0 Å². The first-order valence-electron chi connectivity index (χ1n) is 8.38. The zero-order chi connectivity index (χ0) is 19.1. The third-order valence-corrected chi connectivity index (χ3v) is 5.09. The van der Waals surface area contributed by atoms with Gasteiger partial charge in [0.25, 0.3) is 0 Å². The van der Waals surface area contributed by atoms with Gasteiger partial charge in [0.1, 0.15) is 0 Å². The van der Waals surface area contributed by atoms with Crippen molar-refractivity contribution in [2.24, 2.45) is 5.41 Å². The van der Waals surface area contributed by atoms with Crippen LogP contribution in [0.1, 0.15) is 43.0 Å². The van der Waals surface area contributed by atoms with E-state index in [1.165, 1.54) is 12.1 Å². The van der Waals surface area contributed by atoms with Crippen LogP contribution in [-0.2, 0) is 12.6 Å². The first-order valence-corrected chi connectivity index (χ1v) is 8.38. The summed E-state index contributed by atoms with van der Waals surface area (Å²) in [6.45, 7) is 3.93. The van der Waals surface area contributed by atoms with Crippen LogP contribution in [-0.4, -0.2) is 11.2 Å². The van der Waals surface area contributed by atoms with Crippen molar-refractivity contribution in [2.75, 3.05) is 0 Å². The van der Waals surface area contributed by atoms with Crippen LogP contribution in [0.3, 0.4) is 0 Å². The Morgan fingerprint density at radius 2 is 1.88 bits per heavy atom. The van der Waals surface area contributed by atoms with Crippen LogP contribution in [0.25, 0.3) is 11.1 Å². The number of fused-ring (bicyclic) bond motifs is 1. The van der Waals surface area contributed by atoms with E-state index in [9.17, 15) is 23.1 Å². The van der Waals surface area contributed by atoms with E-state index in [0.29, 0.717) is 5.56 Å². The molecule has 0 heterocycles. The fraction of sp³-hybridized carbons (Fsp3) is 0.350. The van der Waals surface area contributed by atoms with Gasteiger partial charge in [0.05, 0.1) is 11.6 Å². The van der Waals surface area contributed by atoms with Gasteiger partial charge in [-0.05, 0) is 52.6 Å². The molecule has 6 heteroatoms. The van der Waals surface area contributed by atoms with Crippen molar-refractivity contribution in [3.63, 3.8) is 0 Å². The monoisotopic (exact) mass is 363 g/mol. The quantitative estimate of drug-likeness (QED) is 0.724. The van der Waals surface area contributed by atoms with Gasteiger partial charge >= 0.3 is 12.3 Å². The molecule has 2 aromatic rings. The molecule has 0 saturated heterocycles. The molecule has 1 aliphatic carbocycles. The highest BCUT2D eigenvalue weighted by Crippen LogP contribution is 2.45. The average molecular weight is 363 g/mol. The van der Waals surface area contributed by atoms with Crippen molar-refractivity contribution in [1.82, 2.24) is 5.32 Å². The van der Waals surface area contributed by atoms with Crippen molar-refractivity contribution < 1.29 is 23.1 Å². The number of aryl methyl sites for hydroxylation is 1. The standard InChI is InChI=1S/C20H20F3NO2/c1-19(2)10-9-12-7-8-13(11-15(12)17(19)24-18(25)26)14-5-3-4-6-16(14)20(21,22)23/h3-8,11,17,24H,9-10H2,1-2H3,(H,25,26)/t17-/m1/s1. The van der Waals surface area contributed by atoms with Gasteiger partial charge in [0, 0.05) is 0 Å². The maximum Gasteiger partial charge on any atom is 0.417 e. The molecular weight excluding hydrogens is 343 g/mol. The Morgan fingerprint density at radius 1 is 1.19 bits per heavy atom. The van der Waals surface area contributed by atoms with Crippen LogP contribution in [0.4, 0.5) is 18.0 Å². The van der Waals surface area contributed by atoms with Crippen molar-refractivity contribution in [2.45, 2.75) is 38.9 Å². The molecule has 1 atom stereocenters. The van der Waals surface area contributed by atoms with Gasteiger partial charge in [-0.2, -0.15) is 13.2 Å². The van der Waals surface area contributed by atoms with Crippen molar-refractivity contribution in [3.8, 4) is 11.1 Å². The Labute approximate surface area is 149 Å². The number of hydrogen-bond donors (Lipinski definition) is 2. The fourth-order valence-electron chi connectivity index (χ4n) is 3.66. The molecule has 0 radical (unpaired) electrons. The molecule has 0 saturated carbocycles. The molecule has 0 aromatic heterocycles. The summed E-state index contributed by atoms with van der Waals surface area (Å²) in [7, 11) is 0. The first kappa shape index (κ1) is 18.3. The second-order valence-corrected chi connectivity index (χ2v) is 7.33. The molecule has 138 valence electrons. The van der Waals surface area contributed by atoms with E-state index in [2.05, 4.69) is 5.32 Å². The summed E-state index contributed by atoms with van der Waals surface area (Å²) in [6.07, 6.45) is -4.04. The summed E-state index contributed by atoms with van der Waals surface area (Å²) in [5.74, 6) is 0. The average Bonchev–Trinajstić information content (AvgIpc) is 2.56. The molecule has 1 aliphatic rings. The summed E-state index contributed by atoms with van der Waals surface area (Å²) in [5, 5.41) is 11.7. The largest absolute Gasteiger partial charge is 0.465 e. The van der Waals surface area contributed by atoms with E-state index in [-0.39, 0.29) is 11.0 Å². The smallest absolute Gasteiger partial charge is 0.417 e. The molecular formula is C20H20F3NO2. The zero-order valence-electron chi connectivity index (χ0n) is 14.5. The summed E-state index contributed by atoms with van der Waals surface area (Å²) >= 11 is 0. The van der Waals surface area contributed by atoms with Crippen LogP contribution in [0.5, 0.6) is 0 Å². The topological polar surface area (TPSA) is 49.3 Å². The second kappa shape index (κ2) is 6.34. The van der Waals surface area contributed by atoms with E-state index in [1.807, 2.05) is 19.9 Å². The summed E-state index contributed by atoms with van der Waals surface area (Å²) in [5.41, 5.74) is 1.23. The van der Waals surface area contributed by atoms with Gasteiger partial charge in [-0.1, -0.05) is 44.2 Å². The summed E-state index contributed by atoms with van der Waals surface area (Å²) < 4.78 is 40.1. The number of carbonyl (C=O) groups is 1. The number of nitrogens with one attached hydrogen (secondary N) is 1. The van der Waals surface area contributed by atoms with Gasteiger partial charge in [-0.15, -0.1) is 0 Å². The first-order chi connectivity index (χ1) is 12.1. The molecule has 0 spiro atoms. The van der Waals surface area contributed by atoms with E-state index in [1.54, 1.807) is 18.2 Å². The number of benzene rings is 2. The van der Waals surface area contributed by atoms with Crippen molar-refractivity contribution in [3.05, 3.63) is 59.2 Å². The van der Waals surface area contributed by atoms with E-state index < -0.39 is 23.9 Å². The Kier molecular flexibility index (Phi) is 4.46. The number of hydrogen-bond acceptors (Lipinski definition) is 1. The fourth-order valence-corrected chi connectivity index (χ4v) is 3.66. The number of halogens is 3.